The van der Waals surface area contributed by atoms with E-state index < -0.39 is 4.92 Å². The summed E-state index contributed by atoms with van der Waals surface area (Å²) in [5.41, 5.74) is 13.0. The Morgan fingerprint density at radius 3 is 2.73 bits per heavy atom. The molecule has 0 fully saturated rings. The number of hydrogen-bond acceptors (Lipinski definition) is 6. The highest BCUT2D eigenvalue weighted by molar-refractivity contribution is 7.99. The number of guanidine groups is 1. The van der Waals surface area contributed by atoms with Crippen LogP contribution in [-0.4, -0.2) is 25.4 Å². The van der Waals surface area contributed by atoms with Crippen LogP contribution < -0.4 is 11.5 Å². The van der Waals surface area contributed by atoms with Crippen molar-refractivity contribution in [1.82, 2.24) is 14.5 Å². The molecule has 0 saturated heterocycles. The highest BCUT2D eigenvalue weighted by Crippen LogP contribution is 2.36. The van der Waals surface area contributed by atoms with Gasteiger partial charge in [0, 0.05) is 29.4 Å². The van der Waals surface area contributed by atoms with Crippen molar-refractivity contribution in [3.63, 3.8) is 0 Å². The molecule has 0 unspecified atom stereocenters. The number of benzene rings is 1. The quantitative estimate of drug-likeness (QED) is 0.244. The number of pyridine rings is 1. The van der Waals surface area contributed by atoms with E-state index in [9.17, 15) is 10.1 Å². The molecule has 0 spiro atoms. The maximum atomic E-state index is 11.2. The molecule has 4 N–H and O–H groups in total. The van der Waals surface area contributed by atoms with Gasteiger partial charge in [0.2, 0.25) is 0 Å². The van der Waals surface area contributed by atoms with Gasteiger partial charge in [-0.05, 0) is 23.6 Å². The Morgan fingerprint density at radius 1 is 1.30 bits per heavy atom. The van der Waals surface area contributed by atoms with Crippen LogP contribution in [0.15, 0.2) is 63.7 Å². The number of rotatable bonds is 8. The van der Waals surface area contributed by atoms with Crippen molar-refractivity contribution < 1.29 is 4.92 Å². The highest BCUT2D eigenvalue weighted by Gasteiger charge is 2.21. The second kappa shape index (κ2) is 9.40. The zero-order chi connectivity index (χ0) is 21.7. The zero-order valence-corrected chi connectivity index (χ0v) is 17.5. The lowest BCUT2D eigenvalue weighted by molar-refractivity contribution is -0.385. The van der Waals surface area contributed by atoms with Crippen LogP contribution in [-0.2, 0) is 13.1 Å². The Morgan fingerprint density at radius 2 is 2.10 bits per heavy atom. The maximum Gasteiger partial charge on any atom is 0.270 e. The molecular weight excluding hydrogens is 402 g/mol. The minimum Gasteiger partial charge on any atom is -0.370 e. The first kappa shape index (κ1) is 21.3. The van der Waals surface area contributed by atoms with E-state index in [2.05, 4.69) is 23.8 Å². The second-order valence-corrected chi connectivity index (χ2v) is 7.98. The van der Waals surface area contributed by atoms with Crippen molar-refractivity contribution in [1.29, 1.82) is 0 Å². The maximum absolute atomic E-state index is 11.2. The Hall–Kier alpha value is -3.40. The molecule has 3 rings (SSSR count). The first-order valence-electron chi connectivity index (χ1n) is 9.31. The van der Waals surface area contributed by atoms with Gasteiger partial charge in [-0.25, -0.2) is 9.98 Å². The van der Waals surface area contributed by atoms with Crippen LogP contribution in [0.4, 0.5) is 5.69 Å². The second-order valence-electron chi connectivity index (χ2n) is 6.92. The van der Waals surface area contributed by atoms with Gasteiger partial charge >= 0.3 is 0 Å². The van der Waals surface area contributed by atoms with E-state index in [1.807, 2.05) is 22.8 Å². The smallest absolute Gasteiger partial charge is 0.270 e. The normalized spacial score (nSPS) is 10.9. The molecule has 0 radical (unpaired) electrons. The third-order valence-corrected chi connectivity index (χ3v) is 5.39. The summed E-state index contributed by atoms with van der Waals surface area (Å²) in [6.07, 6.45) is 3.51. The molecule has 30 heavy (non-hydrogen) atoms. The third kappa shape index (κ3) is 5.15. The van der Waals surface area contributed by atoms with E-state index >= 15 is 0 Å². The van der Waals surface area contributed by atoms with Crippen LogP contribution >= 0.6 is 11.8 Å². The number of aromatic nitrogens is 3. The SMILES string of the molecule is CC(C)c1nc(CN=C(N)N)n(Cc2cccnc2)c1Sc1cccc([N+](=O)[O-])c1. The van der Waals surface area contributed by atoms with E-state index in [1.54, 1.807) is 24.5 Å². The summed E-state index contributed by atoms with van der Waals surface area (Å²) < 4.78 is 2.04. The third-order valence-electron chi connectivity index (χ3n) is 4.28. The van der Waals surface area contributed by atoms with Gasteiger partial charge in [0.05, 0.1) is 17.2 Å². The van der Waals surface area contributed by atoms with Crippen molar-refractivity contribution in [2.45, 2.75) is 42.8 Å². The van der Waals surface area contributed by atoms with Gasteiger partial charge in [0.25, 0.3) is 5.69 Å². The summed E-state index contributed by atoms with van der Waals surface area (Å²) in [6.45, 7) is 4.87. The molecule has 0 aliphatic carbocycles. The van der Waals surface area contributed by atoms with Crippen LogP contribution in [0, 0.1) is 10.1 Å². The van der Waals surface area contributed by atoms with Crippen LogP contribution in [0.2, 0.25) is 0 Å². The van der Waals surface area contributed by atoms with Crippen molar-refractivity contribution in [2.75, 3.05) is 0 Å². The van der Waals surface area contributed by atoms with E-state index in [1.165, 1.54) is 17.8 Å². The summed E-state index contributed by atoms with van der Waals surface area (Å²) >= 11 is 1.44. The van der Waals surface area contributed by atoms with Crippen molar-refractivity contribution >= 4 is 23.4 Å². The largest absolute Gasteiger partial charge is 0.370 e. The van der Waals surface area contributed by atoms with Crippen LogP contribution in [0.25, 0.3) is 0 Å². The summed E-state index contributed by atoms with van der Waals surface area (Å²) in [6, 6.07) is 10.4. The fourth-order valence-corrected chi connectivity index (χ4v) is 4.09. The monoisotopic (exact) mass is 425 g/mol. The molecule has 3 aromatic rings. The van der Waals surface area contributed by atoms with Gasteiger partial charge < -0.3 is 16.0 Å². The molecule has 0 aliphatic heterocycles. The fraction of sp³-hybridized carbons (Fsp3) is 0.250. The van der Waals surface area contributed by atoms with Crippen molar-refractivity contribution in [3.8, 4) is 0 Å². The van der Waals surface area contributed by atoms with Gasteiger partial charge in [-0.3, -0.25) is 15.1 Å². The molecule has 1 aromatic carbocycles. The van der Waals surface area contributed by atoms with Gasteiger partial charge in [-0.2, -0.15) is 0 Å². The molecule has 0 bridgehead atoms. The Bertz CT molecular complexity index is 1060. The van der Waals surface area contributed by atoms with E-state index in [0.29, 0.717) is 12.4 Å². The lowest BCUT2D eigenvalue weighted by Gasteiger charge is -2.13. The fourth-order valence-electron chi connectivity index (χ4n) is 2.88. The van der Waals surface area contributed by atoms with E-state index in [-0.39, 0.29) is 24.1 Å². The topological polar surface area (TPSA) is 138 Å². The average Bonchev–Trinajstić information content (AvgIpc) is 3.05. The summed E-state index contributed by atoms with van der Waals surface area (Å²) in [5.74, 6) is 0.841. The molecule has 0 saturated carbocycles. The Labute approximate surface area is 178 Å². The molecule has 9 nitrogen and oxygen atoms in total. The molecule has 0 amide bonds. The number of nitro benzene ring substituents is 1. The minimum atomic E-state index is -0.398. The van der Waals surface area contributed by atoms with Crippen molar-refractivity contribution in [3.05, 3.63) is 76.0 Å². The van der Waals surface area contributed by atoms with E-state index in [4.69, 9.17) is 16.5 Å². The zero-order valence-electron chi connectivity index (χ0n) is 16.7. The van der Waals surface area contributed by atoms with Crippen LogP contribution in [0.3, 0.4) is 0 Å². The Balaban J connectivity index is 2.09. The summed E-state index contributed by atoms with van der Waals surface area (Å²) in [4.78, 5) is 24.7. The minimum absolute atomic E-state index is 0.00934. The van der Waals surface area contributed by atoms with Crippen LogP contribution in [0.1, 0.15) is 36.8 Å². The van der Waals surface area contributed by atoms with Crippen LogP contribution in [0.5, 0.6) is 0 Å². The van der Waals surface area contributed by atoms with Crippen molar-refractivity contribution in [2.24, 2.45) is 16.5 Å². The predicted molar refractivity (Wildman–Crippen MR) is 116 cm³/mol. The van der Waals surface area contributed by atoms with Gasteiger partial charge in [-0.1, -0.05) is 37.7 Å². The van der Waals surface area contributed by atoms with Gasteiger partial charge in [0.15, 0.2) is 5.96 Å². The molecule has 2 aromatic heterocycles. The first-order chi connectivity index (χ1) is 14.3. The number of imidazole rings is 1. The summed E-state index contributed by atoms with van der Waals surface area (Å²) in [7, 11) is 0. The average molecular weight is 426 g/mol. The number of nitrogens with two attached hydrogens (primary N) is 2. The number of non-ortho nitro benzene ring substituents is 1. The first-order valence-corrected chi connectivity index (χ1v) is 10.1. The number of aliphatic imine (C=N–C) groups is 1. The number of nitrogens with zero attached hydrogens (tertiary/aromatic N) is 5. The predicted octanol–water partition coefficient (Wildman–Crippen LogP) is 3.28. The molecule has 0 atom stereocenters. The number of nitro groups is 1. The molecule has 2 heterocycles. The summed E-state index contributed by atoms with van der Waals surface area (Å²) in [5, 5.41) is 12.1. The standard InChI is InChI=1S/C20H23N7O2S/c1-13(2)18-19(30-16-7-3-6-15(9-16)27(28)29)26(12-14-5-4-8-23-10-14)17(25-18)11-24-20(21)22/h3-10,13H,11-12H2,1-2H3,(H4,21,22,24). The molecule has 0 aliphatic rings. The lowest BCUT2D eigenvalue weighted by atomic mass is 10.1. The van der Waals surface area contributed by atoms with E-state index in [0.717, 1.165) is 21.2 Å². The molecular formula is C20H23N7O2S. The van der Waals surface area contributed by atoms with Gasteiger partial charge in [0.1, 0.15) is 17.4 Å². The molecule has 10 heteroatoms. The molecule has 156 valence electrons. The lowest BCUT2D eigenvalue weighted by Crippen LogP contribution is -2.23. The number of hydrogen-bond donors (Lipinski definition) is 2. The highest BCUT2D eigenvalue weighted by atomic mass is 32.2. The Kier molecular flexibility index (Phi) is 6.68. The van der Waals surface area contributed by atoms with Gasteiger partial charge in [-0.15, -0.1) is 0 Å².